The molecule has 0 unspecified atom stereocenters. The molecule has 1 aromatic carbocycles. The molecule has 0 fully saturated rings. The number of aliphatic hydroxyl groups is 1. The lowest BCUT2D eigenvalue weighted by Crippen LogP contribution is -2.28. The van der Waals surface area contributed by atoms with Crippen LogP contribution >= 0.6 is 27.5 Å². The molecule has 1 nitrogen and oxygen atoms in total. The van der Waals surface area contributed by atoms with E-state index in [1.165, 1.54) is 12.1 Å². The quantitative estimate of drug-likeness (QED) is 0.655. The van der Waals surface area contributed by atoms with Crippen molar-refractivity contribution in [2.45, 2.75) is 12.6 Å². The molecule has 0 aliphatic rings. The van der Waals surface area contributed by atoms with E-state index < -0.39 is 30.9 Å². The van der Waals surface area contributed by atoms with Gasteiger partial charge >= 0.3 is 6.18 Å². The van der Waals surface area contributed by atoms with Crippen LogP contribution in [0.4, 0.5) is 17.6 Å². The Morgan fingerprint density at radius 1 is 1.35 bits per heavy atom. The molecule has 0 saturated carbocycles. The summed E-state index contributed by atoms with van der Waals surface area (Å²) in [5.41, 5.74) is 0.114. The molecule has 96 valence electrons. The fourth-order valence-corrected chi connectivity index (χ4v) is 2.05. The Labute approximate surface area is 109 Å². The molecule has 0 saturated heterocycles. The first-order valence-corrected chi connectivity index (χ1v) is 5.74. The summed E-state index contributed by atoms with van der Waals surface area (Å²) in [6, 6.07) is 2.48. The Kier molecular flexibility index (Phi) is 4.80. The molecular weight excluding hydrogens is 327 g/mol. The van der Waals surface area contributed by atoms with Gasteiger partial charge in [-0.05, 0) is 34.0 Å². The van der Waals surface area contributed by atoms with Crippen LogP contribution in [0.25, 0.3) is 0 Å². The van der Waals surface area contributed by atoms with Crippen LogP contribution in [0, 0.1) is 11.7 Å². The molecule has 17 heavy (non-hydrogen) atoms. The third-order valence-corrected chi connectivity index (χ3v) is 3.41. The topological polar surface area (TPSA) is 20.2 Å². The maximum absolute atomic E-state index is 13.3. The Hall–Kier alpha value is -0.330. The first-order valence-electron chi connectivity index (χ1n) is 4.57. The van der Waals surface area contributed by atoms with Crippen LogP contribution in [-0.4, -0.2) is 17.9 Å². The fourth-order valence-electron chi connectivity index (χ4n) is 1.27. The summed E-state index contributed by atoms with van der Waals surface area (Å²) >= 11 is 8.32. The van der Waals surface area contributed by atoms with Crippen molar-refractivity contribution in [3.8, 4) is 0 Å². The molecule has 1 rings (SSSR count). The summed E-state index contributed by atoms with van der Waals surface area (Å²) in [6.07, 6.45) is -5.03. The van der Waals surface area contributed by atoms with Gasteiger partial charge in [-0.15, -0.1) is 0 Å². The molecule has 7 heteroatoms. The molecule has 1 aromatic rings. The molecule has 0 bridgehead atoms. The van der Waals surface area contributed by atoms with Crippen LogP contribution in [0.15, 0.2) is 16.6 Å². The van der Waals surface area contributed by atoms with Gasteiger partial charge in [0.25, 0.3) is 0 Å². The lowest BCUT2D eigenvalue weighted by atomic mass is 9.99. The average molecular weight is 336 g/mol. The van der Waals surface area contributed by atoms with Gasteiger partial charge in [0.15, 0.2) is 5.82 Å². The van der Waals surface area contributed by atoms with E-state index in [2.05, 4.69) is 15.9 Å². The van der Waals surface area contributed by atoms with Crippen molar-refractivity contribution in [2.24, 2.45) is 5.92 Å². The third kappa shape index (κ3) is 3.56. The number of alkyl halides is 3. The first-order chi connectivity index (χ1) is 7.77. The summed E-state index contributed by atoms with van der Waals surface area (Å²) in [5, 5.41) is 8.51. The first kappa shape index (κ1) is 14.7. The van der Waals surface area contributed by atoms with Crippen molar-refractivity contribution in [2.75, 3.05) is 6.61 Å². The standard InChI is InChI=1S/C10H8BrClF4O/c11-8-5(1-2-7(12)9(8)13)3-6(4-17)10(14,15)16/h1-2,6,17H,3-4H2/t6-/m1/s1. The number of hydrogen-bond donors (Lipinski definition) is 1. The van der Waals surface area contributed by atoms with E-state index in [9.17, 15) is 17.6 Å². The number of aliphatic hydroxyl groups excluding tert-OH is 1. The Bertz CT molecular complexity index is 408. The van der Waals surface area contributed by atoms with Gasteiger partial charge in [-0.3, -0.25) is 0 Å². The van der Waals surface area contributed by atoms with Crippen LogP contribution in [0.1, 0.15) is 5.56 Å². The molecular formula is C10H8BrClF4O. The van der Waals surface area contributed by atoms with Crippen LogP contribution in [0.2, 0.25) is 5.02 Å². The van der Waals surface area contributed by atoms with Crippen LogP contribution in [0.3, 0.4) is 0 Å². The zero-order chi connectivity index (χ0) is 13.2. The molecule has 0 aliphatic heterocycles. The second kappa shape index (κ2) is 5.54. The number of benzene rings is 1. The summed E-state index contributed by atoms with van der Waals surface area (Å²) in [6.45, 7) is -1.04. The maximum atomic E-state index is 13.3. The number of rotatable bonds is 3. The number of hydrogen-bond acceptors (Lipinski definition) is 1. The van der Waals surface area contributed by atoms with E-state index >= 15 is 0 Å². The summed E-state index contributed by atoms with van der Waals surface area (Å²) in [4.78, 5) is 0. The summed E-state index contributed by atoms with van der Waals surface area (Å²) in [7, 11) is 0. The van der Waals surface area contributed by atoms with E-state index in [0.717, 1.165) is 0 Å². The SMILES string of the molecule is OC[C@@H](Cc1ccc(Cl)c(F)c1Br)C(F)(F)F. The lowest BCUT2D eigenvalue weighted by molar-refractivity contribution is -0.183. The molecule has 0 amide bonds. The highest BCUT2D eigenvalue weighted by atomic mass is 79.9. The minimum atomic E-state index is -4.52. The minimum absolute atomic E-state index is 0.104. The van der Waals surface area contributed by atoms with Gasteiger partial charge in [0.05, 0.1) is 22.0 Å². The van der Waals surface area contributed by atoms with Crippen molar-refractivity contribution in [3.05, 3.63) is 33.0 Å². The average Bonchev–Trinajstić information content (AvgIpc) is 2.23. The van der Waals surface area contributed by atoms with Gasteiger partial charge in [-0.25, -0.2) is 4.39 Å². The van der Waals surface area contributed by atoms with E-state index in [1.807, 2.05) is 0 Å². The van der Waals surface area contributed by atoms with Gasteiger partial charge in [-0.1, -0.05) is 17.7 Å². The monoisotopic (exact) mass is 334 g/mol. The Morgan fingerprint density at radius 2 is 1.94 bits per heavy atom. The largest absolute Gasteiger partial charge is 0.396 e. The minimum Gasteiger partial charge on any atom is -0.396 e. The zero-order valence-corrected chi connectivity index (χ0v) is 10.7. The fraction of sp³-hybridized carbons (Fsp3) is 0.400. The Morgan fingerprint density at radius 3 is 2.41 bits per heavy atom. The van der Waals surface area contributed by atoms with E-state index in [0.29, 0.717) is 0 Å². The molecule has 0 spiro atoms. The van der Waals surface area contributed by atoms with Crippen molar-refractivity contribution in [1.82, 2.24) is 0 Å². The molecule has 0 aromatic heterocycles. The second-order valence-electron chi connectivity index (χ2n) is 3.46. The smallest absolute Gasteiger partial charge is 0.394 e. The van der Waals surface area contributed by atoms with Gasteiger partial charge < -0.3 is 5.11 Å². The predicted octanol–water partition coefficient (Wildman–Crippen LogP) is 3.95. The molecule has 0 radical (unpaired) electrons. The van der Waals surface area contributed by atoms with Crippen molar-refractivity contribution >= 4 is 27.5 Å². The van der Waals surface area contributed by atoms with Crippen molar-refractivity contribution < 1.29 is 22.7 Å². The van der Waals surface area contributed by atoms with Gasteiger partial charge in [0.2, 0.25) is 0 Å². The Balaban J connectivity index is 2.99. The third-order valence-electron chi connectivity index (χ3n) is 2.26. The van der Waals surface area contributed by atoms with Gasteiger partial charge in [0, 0.05) is 0 Å². The highest BCUT2D eigenvalue weighted by Gasteiger charge is 2.39. The van der Waals surface area contributed by atoms with Crippen molar-refractivity contribution in [1.29, 1.82) is 0 Å². The predicted molar refractivity (Wildman–Crippen MR) is 59.4 cm³/mol. The van der Waals surface area contributed by atoms with Gasteiger partial charge in [0.1, 0.15) is 0 Å². The molecule has 1 N–H and O–H groups in total. The molecule has 1 atom stereocenters. The summed E-state index contributed by atoms with van der Waals surface area (Å²) in [5.74, 6) is -2.72. The van der Waals surface area contributed by atoms with Crippen LogP contribution in [-0.2, 0) is 6.42 Å². The van der Waals surface area contributed by atoms with Crippen LogP contribution in [0.5, 0.6) is 0 Å². The maximum Gasteiger partial charge on any atom is 0.394 e. The van der Waals surface area contributed by atoms with Crippen LogP contribution < -0.4 is 0 Å². The highest BCUT2D eigenvalue weighted by molar-refractivity contribution is 9.10. The summed E-state index contributed by atoms with van der Waals surface area (Å²) < 4.78 is 50.5. The molecule has 0 aliphatic carbocycles. The van der Waals surface area contributed by atoms with E-state index in [1.54, 1.807) is 0 Å². The van der Waals surface area contributed by atoms with Gasteiger partial charge in [-0.2, -0.15) is 13.2 Å². The van der Waals surface area contributed by atoms with E-state index in [-0.39, 0.29) is 15.1 Å². The number of halogens is 6. The second-order valence-corrected chi connectivity index (χ2v) is 4.66. The lowest BCUT2D eigenvalue weighted by Gasteiger charge is -2.18. The molecule has 0 heterocycles. The normalized spacial score (nSPS) is 13.8. The highest BCUT2D eigenvalue weighted by Crippen LogP contribution is 2.33. The zero-order valence-electron chi connectivity index (χ0n) is 8.36. The van der Waals surface area contributed by atoms with E-state index in [4.69, 9.17) is 16.7 Å². The van der Waals surface area contributed by atoms with Crippen molar-refractivity contribution in [3.63, 3.8) is 0 Å².